The van der Waals surface area contributed by atoms with Crippen molar-refractivity contribution in [2.45, 2.75) is 6.92 Å². The molecule has 0 heterocycles. The van der Waals surface area contributed by atoms with E-state index in [1.165, 1.54) is 6.92 Å². The number of rotatable bonds is 4. The monoisotopic (exact) mass is 192 g/mol. The molecule has 0 saturated heterocycles. The van der Waals surface area contributed by atoms with Gasteiger partial charge in [0, 0.05) is 5.57 Å². The maximum absolute atomic E-state index is 10.6. The van der Waals surface area contributed by atoms with Gasteiger partial charge in [-0.05, 0) is 11.3 Å². The van der Waals surface area contributed by atoms with Crippen LogP contribution in [-0.2, 0) is 24.1 Å². The second kappa shape index (κ2) is 4.03. The number of carbonyl (C=O) groups excluding carboxylic acids is 1. The van der Waals surface area contributed by atoms with Crippen molar-refractivity contribution in [1.29, 1.82) is 0 Å². The van der Waals surface area contributed by atoms with Crippen molar-refractivity contribution in [2.75, 3.05) is 0 Å². The third-order valence-corrected chi connectivity index (χ3v) is 1.42. The minimum Gasteiger partial charge on any atom is -0.276 e. The Kier molecular flexibility index (Phi) is 3.65. The van der Waals surface area contributed by atoms with Gasteiger partial charge in [0.1, 0.15) is 0 Å². The van der Waals surface area contributed by atoms with Crippen LogP contribution in [0.2, 0.25) is 0 Å². The van der Waals surface area contributed by atoms with Crippen LogP contribution in [0.1, 0.15) is 6.92 Å². The maximum atomic E-state index is 10.6. The molecule has 6 heteroatoms. The van der Waals surface area contributed by atoms with E-state index in [0.29, 0.717) is 5.41 Å². The molecule has 0 rings (SSSR count). The van der Waals surface area contributed by atoms with Crippen LogP contribution in [0.5, 0.6) is 0 Å². The van der Waals surface area contributed by atoms with Crippen LogP contribution in [-0.4, -0.2) is 14.4 Å². The quantitative estimate of drug-likeness (QED) is 0.368. The molecule has 0 atom stereocenters. The highest BCUT2D eigenvalue weighted by Crippen LogP contribution is 1.98. The first-order valence-electron chi connectivity index (χ1n) is 2.82. The first-order valence-corrected chi connectivity index (χ1v) is 4.29. The number of hydrogen-bond acceptors (Lipinski definition) is 5. The fourth-order valence-electron chi connectivity index (χ4n) is 0.177. The van der Waals surface area contributed by atoms with Crippen molar-refractivity contribution in [3.05, 3.63) is 24.1 Å². The molecule has 0 N–H and O–H groups in total. The molecule has 0 aliphatic rings. The Balaban J connectivity index is 4.10. The molecule has 0 saturated carbocycles. The predicted molar refractivity (Wildman–Crippen MR) is 41.1 cm³/mol. The molecule has 0 bridgehead atoms. The summed E-state index contributed by atoms with van der Waals surface area (Å²) in [6.07, 6.45) is 0. The SMILES string of the molecule is C=CS(=O)(=O)OOC(=O)C(=C)C. The Morgan fingerprint density at radius 3 is 2.33 bits per heavy atom. The summed E-state index contributed by atoms with van der Waals surface area (Å²) in [6.45, 7) is 7.49. The van der Waals surface area contributed by atoms with Crippen molar-refractivity contribution >= 4 is 16.1 Å². The fourth-order valence-corrected chi connectivity index (χ4v) is 0.389. The molecule has 68 valence electrons. The van der Waals surface area contributed by atoms with Crippen LogP contribution in [0.15, 0.2) is 24.1 Å². The first kappa shape index (κ1) is 10.9. The normalized spacial score (nSPS) is 10.4. The zero-order chi connectivity index (χ0) is 9.78. The molecular formula is C6H8O5S. The van der Waals surface area contributed by atoms with Crippen LogP contribution in [0, 0.1) is 0 Å². The molecule has 0 aliphatic carbocycles. The molecule has 0 aliphatic heterocycles. The Labute approximate surface area is 70.3 Å². The smallest absolute Gasteiger partial charge is 0.276 e. The van der Waals surface area contributed by atoms with Gasteiger partial charge in [0.2, 0.25) is 0 Å². The minimum absolute atomic E-state index is 0.0364. The van der Waals surface area contributed by atoms with Crippen molar-refractivity contribution in [3.63, 3.8) is 0 Å². The molecule has 0 spiro atoms. The van der Waals surface area contributed by atoms with Gasteiger partial charge in [-0.15, -0.1) is 0 Å². The van der Waals surface area contributed by atoms with Crippen molar-refractivity contribution in [3.8, 4) is 0 Å². The molecule has 5 nitrogen and oxygen atoms in total. The zero-order valence-corrected chi connectivity index (χ0v) is 7.26. The highest BCUT2D eigenvalue weighted by atomic mass is 32.2. The Morgan fingerprint density at radius 1 is 1.50 bits per heavy atom. The second-order valence-electron chi connectivity index (χ2n) is 1.88. The molecule has 0 radical (unpaired) electrons. The molecule has 12 heavy (non-hydrogen) atoms. The summed E-state index contributed by atoms with van der Waals surface area (Å²) in [5.41, 5.74) is 0.0364. The van der Waals surface area contributed by atoms with Gasteiger partial charge in [0.05, 0.1) is 5.41 Å². The summed E-state index contributed by atoms with van der Waals surface area (Å²) in [7, 11) is -3.97. The summed E-state index contributed by atoms with van der Waals surface area (Å²) >= 11 is 0. The molecule has 0 fully saturated rings. The van der Waals surface area contributed by atoms with Crippen molar-refractivity contribution in [1.82, 2.24) is 0 Å². The van der Waals surface area contributed by atoms with Crippen molar-refractivity contribution < 1.29 is 22.4 Å². The van der Waals surface area contributed by atoms with Crippen LogP contribution < -0.4 is 0 Å². The lowest BCUT2D eigenvalue weighted by atomic mass is 10.4. The molecule has 0 aromatic carbocycles. The van der Waals surface area contributed by atoms with Gasteiger partial charge >= 0.3 is 16.1 Å². The van der Waals surface area contributed by atoms with Gasteiger partial charge in [0.15, 0.2) is 0 Å². The van der Waals surface area contributed by atoms with Crippen LogP contribution >= 0.6 is 0 Å². The largest absolute Gasteiger partial charge is 0.369 e. The van der Waals surface area contributed by atoms with E-state index in [1.54, 1.807) is 0 Å². The molecular weight excluding hydrogens is 184 g/mol. The summed E-state index contributed by atoms with van der Waals surface area (Å²) in [5.74, 6) is -0.944. The van der Waals surface area contributed by atoms with Crippen LogP contribution in [0.25, 0.3) is 0 Å². The van der Waals surface area contributed by atoms with E-state index in [-0.39, 0.29) is 5.57 Å². The Morgan fingerprint density at radius 2 is 2.00 bits per heavy atom. The maximum Gasteiger partial charge on any atom is 0.369 e. The molecule has 0 aromatic heterocycles. The van der Waals surface area contributed by atoms with Gasteiger partial charge in [-0.1, -0.05) is 13.2 Å². The molecule has 0 unspecified atom stereocenters. The average molecular weight is 192 g/mol. The van der Waals surface area contributed by atoms with E-state index in [9.17, 15) is 13.2 Å². The Hall–Kier alpha value is -1.14. The van der Waals surface area contributed by atoms with Gasteiger partial charge in [-0.2, -0.15) is 8.42 Å². The van der Waals surface area contributed by atoms with Gasteiger partial charge in [-0.3, -0.25) is 4.89 Å². The van der Waals surface area contributed by atoms with E-state index in [0.717, 1.165) is 0 Å². The lowest BCUT2D eigenvalue weighted by molar-refractivity contribution is -0.205. The molecule has 0 amide bonds. The minimum atomic E-state index is -3.97. The average Bonchev–Trinajstić information content (AvgIpc) is 2.00. The molecule has 0 aromatic rings. The van der Waals surface area contributed by atoms with Gasteiger partial charge in [0.25, 0.3) is 0 Å². The lowest BCUT2D eigenvalue weighted by Gasteiger charge is -1.98. The summed E-state index contributed by atoms with van der Waals surface area (Å²) in [4.78, 5) is 14.4. The first-order chi connectivity index (χ1) is 5.39. The highest BCUT2D eigenvalue weighted by Gasteiger charge is 2.11. The van der Waals surface area contributed by atoms with E-state index < -0.39 is 16.1 Å². The number of carbonyl (C=O) groups is 1. The standard InChI is InChI=1S/C6H8O5S/c1-4-12(8,9)11-10-6(7)5(2)3/h4H,1-2H2,3H3. The number of hydrogen-bond donors (Lipinski definition) is 0. The van der Waals surface area contributed by atoms with E-state index in [2.05, 4.69) is 22.4 Å². The summed E-state index contributed by atoms with van der Waals surface area (Å²) < 4.78 is 24.7. The summed E-state index contributed by atoms with van der Waals surface area (Å²) in [5, 5.41) is 0.513. The third kappa shape index (κ3) is 3.89. The fraction of sp³-hybridized carbons (Fsp3) is 0.167. The van der Waals surface area contributed by atoms with E-state index in [4.69, 9.17) is 0 Å². The van der Waals surface area contributed by atoms with Crippen molar-refractivity contribution in [2.24, 2.45) is 0 Å². The topological polar surface area (TPSA) is 69.7 Å². The van der Waals surface area contributed by atoms with E-state index in [1.807, 2.05) is 0 Å². The van der Waals surface area contributed by atoms with Crippen LogP contribution in [0.3, 0.4) is 0 Å². The van der Waals surface area contributed by atoms with Crippen LogP contribution in [0.4, 0.5) is 0 Å². The third-order valence-electron chi connectivity index (χ3n) is 0.757. The van der Waals surface area contributed by atoms with Gasteiger partial charge < -0.3 is 0 Å². The summed E-state index contributed by atoms with van der Waals surface area (Å²) in [6, 6.07) is 0. The Bertz CT molecular complexity index is 300. The predicted octanol–water partition coefficient (Wildman–Crippen LogP) is 0.511. The van der Waals surface area contributed by atoms with Gasteiger partial charge in [-0.25, -0.2) is 4.79 Å². The van der Waals surface area contributed by atoms with E-state index >= 15 is 0 Å². The highest BCUT2D eigenvalue weighted by molar-refractivity contribution is 7.89. The lowest BCUT2D eigenvalue weighted by Crippen LogP contribution is -2.09. The zero-order valence-electron chi connectivity index (χ0n) is 6.44. The second-order valence-corrected chi connectivity index (χ2v) is 3.33.